The number of carbonyl (C=O) groups excluding carboxylic acids is 1. The van der Waals surface area contributed by atoms with Crippen molar-refractivity contribution in [3.05, 3.63) is 59.1 Å². The summed E-state index contributed by atoms with van der Waals surface area (Å²) < 4.78 is 30.8. The maximum absolute atomic E-state index is 12.9. The van der Waals surface area contributed by atoms with Crippen molar-refractivity contribution in [2.24, 2.45) is 0 Å². The zero-order valence-electron chi connectivity index (χ0n) is 9.17. The first kappa shape index (κ1) is 11.5. The maximum Gasteiger partial charge on any atom is 0.170 e. The van der Waals surface area contributed by atoms with Gasteiger partial charge in [0, 0.05) is 12.5 Å². The van der Waals surface area contributed by atoms with E-state index in [4.69, 9.17) is 4.42 Å². The van der Waals surface area contributed by atoms with E-state index >= 15 is 0 Å². The molecule has 0 saturated carbocycles. The molecule has 2 aromatic rings. The molecule has 1 aromatic heterocycles. The summed E-state index contributed by atoms with van der Waals surface area (Å²) in [5.41, 5.74) is 0.721. The fourth-order valence-corrected chi connectivity index (χ4v) is 1.59. The lowest BCUT2D eigenvalue weighted by atomic mass is 10.0. The SMILES string of the molecule is Cc1cc(C(=O)Cc2cc(F)cc(F)c2)co1. The lowest BCUT2D eigenvalue weighted by Gasteiger charge is -2.00. The molecule has 0 aliphatic heterocycles. The normalized spacial score (nSPS) is 10.5. The van der Waals surface area contributed by atoms with E-state index in [2.05, 4.69) is 0 Å². The van der Waals surface area contributed by atoms with Gasteiger partial charge in [-0.1, -0.05) is 0 Å². The van der Waals surface area contributed by atoms with Gasteiger partial charge >= 0.3 is 0 Å². The highest BCUT2D eigenvalue weighted by Crippen LogP contribution is 2.13. The highest BCUT2D eigenvalue weighted by atomic mass is 19.1. The molecule has 2 rings (SSSR count). The molecule has 0 bridgehead atoms. The summed E-state index contributed by atoms with van der Waals surface area (Å²) in [5.74, 6) is -0.974. The van der Waals surface area contributed by atoms with Gasteiger partial charge < -0.3 is 4.42 Å². The first-order valence-electron chi connectivity index (χ1n) is 5.08. The topological polar surface area (TPSA) is 30.2 Å². The molecule has 1 heterocycles. The van der Waals surface area contributed by atoms with Crippen LogP contribution in [0.4, 0.5) is 8.78 Å². The van der Waals surface area contributed by atoms with Crippen LogP contribution in [0.2, 0.25) is 0 Å². The summed E-state index contributed by atoms with van der Waals surface area (Å²) in [6, 6.07) is 4.66. The number of rotatable bonds is 3. The third kappa shape index (κ3) is 2.78. The highest BCUT2D eigenvalue weighted by molar-refractivity contribution is 5.97. The van der Waals surface area contributed by atoms with Gasteiger partial charge in [0.25, 0.3) is 0 Å². The second-order valence-corrected chi connectivity index (χ2v) is 3.82. The van der Waals surface area contributed by atoms with Gasteiger partial charge in [0.15, 0.2) is 5.78 Å². The zero-order valence-corrected chi connectivity index (χ0v) is 9.17. The Morgan fingerprint density at radius 3 is 2.35 bits per heavy atom. The molecule has 0 unspecified atom stereocenters. The van der Waals surface area contributed by atoms with Crippen LogP contribution in [0.1, 0.15) is 21.7 Å². The first-order chi connectivity index (χ1) is 8.04. The number of Topliss-reactive ketones (excluding diaryl/α,β-unsaturated/α-hetero) is 1. The van der Waals surface area contributed by atoms with Crippen LogP contribution in [0, 0.1) is 18.6 Å². The number of benzene rings is 1. The molecule has 0 fully saturated rings. The second kappa shape index (κ2) is 4.49. The summed E-state index contributed by atoms with van der Waals surface area (Å²) in [5, 5.41) is 0. The van der Waals surface area contributed by atoms with E-state index in [1.165, 1.54) is 6.26 Å². The summed E-state index contributed by atoms with van der Waals surface area (Å²) in [7, 11) is 0. The standard InChI is InChI=1S/C13H10F2O2/c1-8-2-10(7-17-8)13(16)5-9-3-11(14)6-12(15)4-9/h2-4,6-7H,5H2,1H3. The quantitative estimate of drug-likeness (QED) is 0.765. The second-order valence-electron chi connectivity index (χ2n) is 3.82. The first-order valence-corrected chi connectivity index (χ1v) is 5.08. The lowest BCUT2D eigenvalue weighted by molar-refractivity contribution is 0.0992. The van der Waals surface area contributed by atoms with Crippen LogP contribution in [-0.4, -0.2) is 5.78 Å². The monoisotopic (exact) mass is 236 g/mol. The predicted molar refractivity (Wildman–Crippen MR) is 57.8 cm³/mol. The van der Waals surface area contributed by atoms with Crippen molar-refractivity contribution in [2.75, 3.05) is 0 Å². The Morgan fingerprint density at radius 2 is 1.82 bits per heavy atom. The van der Waals surface area contributed by atoms with E-state index in [1.54, 1.807) is 13.0 Å². The van der Waals surface area contributed by atoms with Crippen molar-refractivity contribution in [3.63, 3.8) is 0 Å². The molecule has 1 aromatic carbocycles. The number of ketones is 1. The Kier molecular flexibility index (Phi) is 3.04. The number of aryl methyl sites for hydroxylation is 1. The number of hydrogen-bond acceptors (Lipinski definition) is 2. The van der Waals surface area contributed by atoms with Crippen LogP contribution in [-0.2, 0) is 6.42 Å². The Bertz CT molecular complexity index is 538. The molecule has 0 N–H and O–H groups in total. The van der Waals surface area contributed by atoms with E-state index in [-0.39, 0.29) is 12.2 Å². The van der Waals surface area contributed by atoms with Crippen molar-refractivity contribution in [3.8, 4) is 0 Å². The van der Waals surface area contributed by atoms with Gasteiger partial charge in [-0.15, -0.1) is 0 Å². The van der Waals surface area contributed by atoms with Crippen LogP contribution >= 0.6 is 0 Å². The van der Waals surface area contributed by atoms with Crippen LogP contribution < -0.4 is 0 Å². The fourth-order valence-electron chi connectivity index (χ4n) is 1.59. The lowest BCUT2D eigenvalue weighted by Crippen LogP contribution is -2.02. The van der Waals surface area contributed by atoms with Crippen molar-refractivity contribution in [1.82, 2.24) is 0 Å². The Labute approximate surface area is 96.9 Å². The molecule has 0 radical (unpaired) electrons. The van der Waals surface area contributed by atoms with Gasteiger partial charge in [0.05, 0.1) is 5.56 Å². The third-order valence-corrected chi connectivity index (χ3v) is 2.34. The maximum atomic E-state index is 12.9. The molecule has 2 nitrogen and oxygen atoms in total. The number of halogens is 2. The molecule has 17 heavy (non-hydrogen) atoms. The molecule has 0 amide bonds. The average molecular weight is 236 g/mol. The van der Waals surface area contributed by atoms with E-state index in [0.29, 0.717) is 16.9 Å². The zero-order chi connectivity index (χ0) is 12.4. The molecule has 88 valence electrons. The number of carbonyl (C=O) groups is 1. The van der Waals surface area contributed by atoms with E-state index in [9.17, 15) is 13.6 Å². The van der Waals surface area contributed by atoms with Crippen LogP contribution in [0.3, 0.4) is 0 Å². The van der Waals surface area contributed by atoms with Gasteiger partial charge in [-0.3, -0.25) is 4.79 Å². The number of furan rings is 1. The molecule has 0 spiro atoms. The van der Waals surface area contributed by atoms with E-state index < -0.39 is 11.6 Å². The number of hydrogen-bond donors (Lipinski definition) is 0. The summed E-state index contributed by atoms with van der Waals surface area (Å²) in [6.45, 7) is 1.72. The molecule has 4 heteroatoms. The van der Waals surface area contributed by atoms with Gasteiger partial charge in [-0.25, -0.2) is 8.78 Å². The van der Waals surface area contributed by atoms with Crippen molar-refractivity contribution in [2.45, 2.75) is 13.3 Å². The summed E-state index contributed by atoms with van der Waals surface area (Å²) in [4.78, 5) is 11.7. The summed E-state index contributed by atoms with van der Waals surface area (Å²) in [6.07, 6.45) is 1.29. The fraction of sp³-hybridized carbons (Fsp3) is 0.154. The molecule has 0 aliphatic rings. The van der Waals surface area contributed by atoms with Gasteiger partial charge in [-0.05, 0) is 30.7 Å². The van der Waals surface area contributed by atoms with Crippen molar-refractivity contribution < 1.29 is 18.0 Å². The van der Waals surface area contributed by atoms with Gasteiger partial charge in [0.1, 0.15) is 23.7 Å². The largest absolute Gasteiger partial charge is 0.469 e. The smallest absolute Gasteiger partial charge is 0.170 e. The van der Waals surface area contributed by atoms with Crippen molar-refractivity contribution in [1.29, 1.82) is 0 Å². The molecule has 0 atom stereocenters. The average Bonchev–Trinajstić information content (AvgIpc) is 2.63. The Balaban J connectivity index is 2.18. The Hall–Kier alpha value is -1.97. The third-order valence-electron chi connectivity index (χ3n) is 2.34. The van der Waals surface area contributed by atoms with E-state index in [1.807, 2.05) is 0 Å². The minimum atomic E-state index is -0.684. The predicted octanol–water partition coefficient (Wildman–Crippen LogP) is 3.29. The van der Waals surface area contributed by atoms with Crippen LogP contribution in [0.5, 0.6) is 0 Å². The molecular formula is C13H10F2O2. The van der Waals surface area contributed by atoms with E-state index in [0.717, 1.165) is 18.2 Å². The molecule has 0 aliphatic carbocycles. The molecular weight excluding hydrogens is 226 g/mol. The Morgan fingerprint density at radius 1 is 1.18 bits per heavy atom. The minimum absolute atomic E-state index is 0.0480. The minimum Gasteiger partial charge on any atom is -0.469 e. The highest BCUT2D eigenvalue weighted by Gasteiger charge is 2.11. The van der Waals surface area contributed by atoms with Crippen molar-refractivity contribution >= 4 is 5.78 Å². The summed E-state index contributed by atoms with van der Waals surface area (Å²) >= 11 is 0. The van der Waals surface area contributed by atoms with Crippen LogP contribution in [0.15, 0.2) is 34.9 Å². The molecule has 0 saturated heterocycles. The van der Waals surface area contributed by atoms with Crippen LogP contribution in [0.25, 0.3) is 0 Å². The van der Waals surface area contributed by atoms with Gasteiger partial charge in [-0.2, -0.15) is 0 Å². The van der Waals surface area contributed by atoms with Gasteiger partial charge in [0.2, 0.25) is 0 Å².